The second-order valence-corrected chi connectivity index (χ2v) is 5.77. The molecule has 0 fully saturated rings. The number of rotatable bonds is 4. The van der Waals surface area contributed by atoms with E-state index in [9.17, 15) is 0 Å². The van der Waals surface area contributed by atoms with Gasteiger partial charge in [0.1, 0.15) is 0 Å². The molecule has 0 aromatic heterocycles. The summed E-state index contributed by atoms with van der Waals surface area (Å²) < 4.78 is 0. The van der Waals surface area contributed by atoms with Crippen molar-refractivity contribution in [2.75, 3.05) is 6.54 Å². The molecular formula is C18H22ClN. The molecule has 2 aromatic rings. The molecule has 2 aromatic carbocycles. The minimum Gasteiger partial charge on any atom is -0.307 e. The van der Waals surface area contributed by atoms with Gasteiger partial charge in [0.2, 0.25) is 0 Å². The van der Waals surface area contributed by atoms with Crippen LogP contribution in [0.15, 0.2) is 36.4 Å². The Morgan fingerprint density at radius 1 is 1.00 bits per heavy atom. The third-order valence-electron chi connectivity index (χ3n) is 3.67. The molecule has 1 N–H and O–H groups in total. The van der Waals surface area contributed by atoms with Gasteiger partial charge in [0.05, 0.1) is 6.04 Å². The van der Waals surface area contributed by atoms with E-state index in [1.54, 1.807) is 0 Å². The Labute approximate surface area is 127 Å². The monoisotopic (exact) mass is 287 g/mol. The summed E-state index contributed by atoms with van der Waals surface area (Å²) in [4.78, 5) is 0. The van der Waals surface area contributed by atoms with Crippen LogP contribution in [0.4, 0.5) is 0 Å². The molecule has 0 amide bonds. The first kappa shape index (κ1) is 15.1. The smallest absolute Gasteiger partial charge is 0.0579 e. The van der Waals surface area contributed by atoms with Crippen molar-refractivity contribution >= 4 is 11.6 Å². The van der Waals surface area contributed by atoms with Gasteiger partial charge in [0.15, 0.2) is 0 Å². The highest BCUT2D eigenvalue weighted by Crippen LogP contribution is 2.28. The molecule has 1 atom stereocenters. The zero-order valence-electron chi connectivity index (χ0n) is 12.6. The molecule has 0 aliphatic rings. The van der Waals surface area contributed by atoms with Gasteiger partial charge in [-0.05, 0) is 55.6 Å². The van der Waals surface area contributed by atoms with Crippen molar-refractivity contribution < 1.29 is 0 Å². The average molecular weight is 288 g/mol. The van der Waals surface area contributed by atoms with Crippen LogP contribution in [0.25, 0.3) is 0 Å². The first-order valence-electron chi connectivity index (χ1n) is 7.09. The summed E-state index contributed by atoms with van der Waals surface area (Å²) in [6.45, 7) is 9.38. The van der Waals surface area contributed by atoms with Gasteiger partial charge >= 0.3 is 0 Å². The molecule has 2 rings (SSSR count). The van der Waals surface area contributed by atoms with Crippen molar-refractivity contribution in [1.82, 2.24) is 5.32 Å². The largest absolute Gasteiger partial charge is 0.307 e. The highest BCUT2D eigenvalue weighted by Gasteiger charge is 2.15. The van der Waals surface area contributed by atoms with Gasteiger partial charge in [-0.2, -0.15) is 0 Å². The van der Waals surface area contributed by atoms with Crippen LogP contribution in [-0.2, 0) is 0 Å². The first-order chi connectivity index (χ1) is 9.52. The summed E-state index contributed by atoms with van der Waals surface area (Å²) in [6.07, 6.45) is 0. The van der Waals surface area contributed by atoms with Crippen LogP contribution in [0, 0.1) is 20.8 Å². The molecule has 1 unspecified atom stereocenters. The maximum absolute atomic E-state index is 6.28. The van der Waals surface area contributed by atoms with Gasteiger partial charge in [-0.3, -0.25) is 0 Å². The number of halogens is 1. The molecule has 0 aliphatic heterocycles. The second-order valence-electron chi connectivity index (χ2n) is 5.36. The standard InChI is InChI=1S/C18H22ClN/c1-5-20-18(15-8-7-13(3)17(19)11-15)16-9-6-12(2)10-14(16)4/h6-11,18,20H,5H2,1-4H3. The number of hydrogen-bond donors (Lipinski definition) is 1. The normalized spacial score (nSPS) is 12.4. The Balaban J connectivity index is 2.47. The summed E-state index contributed by atoms with van der Waals surface area (Å²) in [5.74, 6) is 0. The van der Waals surface area contributed by atoms with Crippen molar-refractivity contribution in [3.8, 4) is 0 Å². The van der Waals surface area contributed by atoms with Crippen LogP contribution in [0.5, 0.6) is 0 Å². The van der Waals surface area contributed by atoms with Gasteiger partial charge in [-0.15, -0.1) is 0 Å². The van der Waals surface area contributed by atoms with Crippen molar-refractivity contribution in [2.24, 2.45) is 0 Å². The molecule has 2 heteroatoms. The lowest BCUT2D eigenvalue weighted by atomic mass is 9.93. The molecule has 1 nitrogen and oxygen atoms in total. The Bertz CT molecular complexity index is 604. The van der Waals surface area contributed by atoms with E-state index < -0.39 is 0 Å². The third-order valence-corrected chi connectivity index (χ3v) is 4.08. The lowest BCUT2D eigenvalue weighted by molar-refractivity contribution is 0.627. The molecule has 0 bridgehead atoms. The van der Waals surface area contributed by atoms with E-state index >= 15 is 0 Å². The SMILES string of the molecule is CCNC(c1ccc(C)c(Cl)c1)c1ccc(C)cc1C. The molecule has 106 valence electrons. The summed E-state index contributed by atoms with van der Waals surface area (Å²) in [7, 11) is 0. The number of hydrogen-bond acceptors (Lipinski definition) is 1. The Morgan fingerprint density at radius 3 is 2.35 bits per heavy atom. The zero-order chi connectivity index (χ0) is 14.7. The van der Waals surface area contributed by atoms with Crippen molar-refractivity contribution in [3.05, 3.63) is 69.2 Å². The van der Waals surface area contributed by atoms with Gasteiger partial charge < -0.3 is 5.32 Å². The van der Waals surface area contributed by atoms with E-state index in [4.69, 9.17) is 11.6 Å². The molecule has 0 saturated carbocycles. The van der Waals surface area contributed by atoms with E-state index in [0.29, 0.717) is 0 Å². The summed E-state index contributed by atoms with van der Waals surface area (Å²) in [5.41, 5.74) is 6.26. The van der Waals surface area contributed by atoms with Crippen molar-refractivity contribution in [3.63, 3.8) is 0 Å². The Hall–Kier alpha value is -1.31. The Kier molecular flexibility index (Phi) is 4.85. The predicted molar refractivity (Wildman–Crippen MR) is 87.6 cm³/mol. The lowest BCUT2D eigenvalue weighted by Gasteiger charge is -2.22. The molecule has 0 aliphatic carbocycles. The summed E-state index contributed by atoms with van der Waals surface area (Å²) in [6, 6.07) is 13.1. The fraction of sp³-hybridized carbons (Fsp3) is 0.333. The maximum Gasteiger partial charge on any atom is 0.0579 e. The van der Waals surface area contributed by atoms with Gasteiger partial charge in [-0.1, -0.05) is 54.4 Å². The van der Waals surface area contributed by atoms with Crippen LogP contribution in [0.3, 0.4) is 0 Å². The topological polar surface area (TPSA) is 12.0 Å². The summed E-state index contributed by atoms with van der Waals surface area (Å²) in [5, 5.41) is 4.39. The quantitative estimate of drug-likeness (QED) is 0.838. The zero-order valence-corrected chi connectivity index (χ0v) is 13.4. The maximum atomic E-state index is 6.28. The number of benzene rings is 2. The van der Waals surface area contributed by atoms with Crippen molar-refractivity contribution in [1.29, 1.82) is 0 Å². The van der Waals surface area contributed by atoms with Crippen LogP contribution in [0.1, 0.15) is 40.8 Å². The van der Waals surface area contributed by atoms with E-state index in [1.165, 1.54) is 22.3 Å². The molecular weight excluding hydrogens is 266 g/mol. The molecule has 0 radical (unpaired) electrons. The lowest BCUT2D eigenvalue weighted by Crippen LogP contribution is -2.22. The number of nitrogens with one attached hydrogen (secondary N) is 1. The molecule has 20 heavy (non-hydrogen) atoms. The minimum absolute atomic E-state index is 0.193. The van der Waals surface area contributed by atoms with E-state index in [-0.39, 0.29) is 6.04 Å². The third kappa shape index (κ3) is 3.23. The average Bonchev–Trinajstić information content (AvgIpc) is 2.40. The van der Waals surface area contributed by atoms with E-state index in [1.807, 2.05) is 6.92 Å². The van der Waals surface area contributed by atoms with Crippen LogP contribution < -0.4 is 5.32 Å². The van der Waals surface area contributed by atoms with E-state index in [0.717, 1.165) is 17.1 Å². The van der Waals surface area contributed by atoms with Gasteiger partial charge in [-0.25, -0.2) is 0 Å². The molecule has 0 spiro atoms. The van der Waals surface area contributed by atoms with E-state index in [2.05, 4.69) is 62.5 Å². The first-order valence-corrected chi connectivity index (χ1v) is 7.47. The molecule has 0 heterocycles. The van der Waals surface area contributed by atoms with Gasteiger partial charge in [0.25, 0.3) is 0 Å². The van der Waals surface area contributed by atoms with Crippen molar-refractivity contribution in [2.45, 2.75) is 33.7 Å². The van der Waals surface area contributed by atoms with Gasteiger partial charge in [0, 0.05) is 5.02 Å². The second kappa shape index (κ2) is 6.43. The molecule has 0 saturated heterocycles. The van der Waals surface area contributed by atoms with Crippen LogP contribution in [-0.4, -0.2) is 6.54 Å². The highest BCUT2D eigenvalue weighted by atomic mass is 35.5. The minimum atomic E-state index is 0.193. The fourth-order valence-electron chi connectivity index (χ4n) is 2.55. The predicted octanol–water partition coefficient (Wildman–Crippen LogP) is 4.96. The van der Waals surface area contributed by atoms with Crippen LogP contribution >= 0.6 is 11.6 Å². The number of aryl methyl sites for hydroxylation is 3. The van der Waals surface area contributed by atoms with Crippen LogP contribution in [0.2, 0.25) is 5.02 Å². The summed E-state index contributed by atoms with van der Waals surface area (Å²) >= 11 is 6.28. The highest BCUT2D eigenvalue weighted by molar-refractivity contribution is 6.31. The fourth-order valence-corrected chi connectivity index (χ4v) is 2.74. The Morgan fingerprint density at radius 2 is 1.75 bits per heavy atom.